The van der Waals surface area contributed by atoms with E-state index < -0.39 is 0 Å². The SMILES string of the molecule is C[C@@H]1CN(C(=O)NCCc2cccc(C#N)c2)C[C@H]1N1CCOCC1. The summed E-state index contributed by atoms with van der Waals surface area (Å²) in [5.74, 6) is 0.483. The van der Waals surface area contributed by atoms with Crippen molar-refractivity contribution < 1.29 is 9.53 Å². The second-order valence-electron chi connectivity index (χ2n) is 6.89. The van der Waals surface area contributed by atoms with Crippen molar-refractivity contribution in [2.45, 2.75) is 19.4 Å². The Hall–Kier alpha value is -2.10. The summed E-state index contributed by atoms with van der Waals surface area (Å²) >= 11 is 0. The van der Waals surface area contributed by atoms with Gasteiger partial charge in [-0.2, -0.15) is 5.26 Å². The number of benzene rings is 1. The highest BCUT2D eigenvalue weighted by Gasteiger charge is 2.36. The molecule has 6 nitrogen and oxygen atoms in total. The Bertz CT molecular complexity index is 637. The number of amides is 2. The molecule has 0 unspecified atom stereocenters. The summed E-state index contributed by atoms with van der Waals surface area (Å²) in [5, 5.41) is 12.0. The molecule has 134 valence electrons. The maximum absolute atomic E-state index is 12.5. The Balaban J connectivity index is 1.46. The van der Waals surface area contributed by atoms with E-state index in [9.17, 15) is 4.79 Å². The lowest BCUT2D eigenvalue weighted by Crippen LogP contribution is -2.47. The van der Waals surface area contributed by atoms with Crippen molar-refractivity contribution in [3.63, 3.8) is 0 Å². The third-order valence-electron chi connectivity index (χ3n) is 5.12. The molecule has 0 saturated carbocycles. The highest BCUT2D eigenvalue weighted by atomic mass is 16.5. The number of hydrogen-bond acceptors (Lipinski definition) is 4. The smallest absolute Gasteiger partial charge is 0.317 e. The summed E-state index contributed by atoms with van der Waals surface area (Å²) in [5.41, 5.74) is 1.73. The fourth-order valence-corrected chi connectivity index (χ4v) is 3.72. The van der Waals surface area contributed by atoms with E-state index in [1.165, 1.54) is 0 Å². The summed E-state index contributed by atoms with van der Waals surface area (Å²) in [6, 6.07) is 10.1. The average Bonchev–Trinajstić information content (AvgIpc) is 3.04. The summed E-state index contributed by atoms with van der Waals surface area (Å²) in [7, 11) is 0. The standard InChI is InChI=1S/C19H26N4O2/c1-15-13-23(14-18(15)22-7-9-25-10-8-22)19(24)21-6-5-16-3-2-4-17(11-16)12-20/h2-4,11,15,18H,5-10,13-14H2,1H3,(H,21,24)/t15-,18-/m1/s1. The first-order chi connectivity index (χ1) is 12.2. The molecule has 3 rings (SSSR count). The lowest BCUT2D eigenvalue weighted by atomic mass is 10.0. The average molecular weight is 342 g/mol. The fourth-order valence-electron chi connectivity index (χ4n) is 3.72. The van der Waals surface area contributed by atoms with Gasteiger partial charge in [0.05, 0.1) is 24.8 Å². The number of morpholine rings is 1. The number of likely N-dealkylation sites (tertiary alicyclic amines) is 1. The minimum Gasteiger partial charge on any atom is -0.379 e. The largest absolute Gasteiger partial charge is 0.379 e. The molecule has 2 saturated heterocycles. The Morgan fingerprint density at radius 2 is 2.16 bits per heavy atom. The zero-order valence-corrected chi connectivity index (χ0v) is 14.8. The van der Waals surface area contributed by atoms with E-state index >= 15 is 0 Å². The Morgan fingerprint density at radius 3 is 2.92 bits per heavy atom. The molecule has 2 aliphatic heterocycles. The molecule has 1 aromatic rings. The molecule has 25 heavy (non-hydrogen) atoms. The van der Waals surface area contributed by atoms with Gasteiger partial charge in [0, 0.05) is 38.8 Å². The highest BCUT2D eigenvalue weighted by Crippen LogP contribution is 2.22. The Morgan fingerprint density at radius 1 is 1.36 bits per heavy atom. The first-order valence-electron chi connectivity index (χ1n) is 9.01. The maximum Gasteiger partial charge on any atom is 0.317 e. The van der Waals surface area contributed by atoms with Crippen LogP contribution in [0, 0.1) is 17.2 Å². The molecule has 2 atom stereocenters. The number of hydrogen-bond donors (Lipinski definition) is 1. The van der Waals surface area contributed by atoms with Crippen LogP contribution in [0.5, 0.6) is 0 Å². The lowest BCUT2D eigenvalue weighted by molar-refractivity contribution is 0.0123. The molecule has 2 fully saturated rings. The van der Waals surface area contributed by atoms with Crippen molar-refractivity contribution in [2.75, 3.05) is 45.9 Å². The van der Waals surface area contributed by atoms with Crippen molar-refractivity contribution in [3.8, 4) is 6.07 Å². The number of ether oxygens (including phenoxy) is 1. The lowest BCUT2D eigenvalue weighted by Gasteiger charge is -2.33. The van der Waals surface area contributed by atoms with E-state index in [4.69, 9.17) is 10.00 Å². The predicted molar refractivity (Wildman–Crippen MR) is 95.2 cm³/mol. The molecule has 0 bridgehead atoms. The van der Waals surface area contributed by atoms with E-state index in [-0.39, 0.29) is 6.03 Å². The zero-order chi connectivity index (χ0) is 17.6. The van der Waals surface area contributed by atoms with Gasteiger partial charge in [-0.1, -0.05) is 19.1 Å². The van der Waals surface area contributed by atoms with Gasteiger partial charge in [-0.15, -0.1) is 0 Å². The Labute approximate surface area is 149 Å². The van der Waals surface area contributed by atoms with Gasteiger partial charge in [0.25, 0.3) is 0 Å². The van der Waals surface area contributed by atoms with Crippen molar-refractivity contribution in [1.29, 1.82) is 5.26 Å². The maximum atomic E-state index is 12.5. The fraction of sp³-hybridized carbons (Fsp3) is 0.579. The predicted octanol–water partition coefficient (Wildman–Crippen LogP) is 1.46. The van der Waals surface area contributed by atoms with Crippen LogP contribution in [0.15, 0.2) is 24.3 Å². The quantitative estimate of drug-likeness (QED) is 0.899. The number of urea groups is 1. The molecule has 2 amide bonds. The van der Waals surface area contributed by atoms with Crippen LogP contribution in [0.3, 0.4) is 0 Å². The first-order valence-corrected chi connectivity index (χ1v) is 9.01. The van der Waals surface area contributed by atoms with Crippen molar-refractivity contribution in [3.05, 3.63) is 35.4 Å². The Kier molecular flexibility index (Phi) is 5.90. The number of rotatable bonds is 4. The minimum absolute atomic E-state index is 0.0130. The zero-order valence-electron chi connectivity index (χ0n) is 14.8. The summed E-state index contributed by atoms with van der Waals surface area (Å²) in [6.07, 6.45) is 0.734. The van der Waals surface area contributed by atoms with Gasteiger partial charge in [-0.3, -0.25) is 4.90 Å². The van der Waals surface area contributed by atoms with Crippen molar-refractivity contribution >= 4 is 6.03 Å². The summed E-state index contributed by atoms with van der Waals surface area (Å²) in [6.45, 7) is 7.89. The van der Waals surface area contributed by atoms with Gasteiger partial charge in [0.15, 0.2) is 0 Å². The van der Waals surface area contributed by atoms with E-state index in [0.717, 1.165) is 51.4 Å². The van der Waals surface area contributed by atoms with E-state index in [1.807, 2.05) is 23.1 Å². The molecule has 1 aromatic carbocycles. The molecule has 0 aromatic heterocycles. The second-order valence-corrected chi connectivity index (χ2v) is 6.89. The first kappa shape index (κ1) is 17.7. The van der Waals surface area contributed by atoms with Crippen LogP contribution in [0.25, 0.3) is 0 Å². The van der Waals surface area contributed by atoms with Crippen LogP contribution < -0.4 is 5.32 Å². The molecule has 0 aliphatic carbocycles. The van der Waals surface area contributed by atoms with Crippen molar-refractivity contribution in [2.24, 2.45) is 5.92 Å². The summed E-state index contributed by atoms with van der Waals surface area (Å²) < 4.78 is 5.43. The van der Waals surface area contributed by atoms with Gasteiger partial charge in [-0.05, 0) is 30.0 Å². The van der Waals surface area contributed by atoms with Crippen LogP contribution in [-0.4, -0.2) is 67.8 Å². The van der Waals surface area contributed by atoms with Gasteiger partial charge in [-0.25, -0.2) is 4.79 Å². The van der Waals surface area contributed by atoms with Gasteiger partial charge in [0.1, 0.15) is 0 Å². The third-order valence-corrected chi connectivity index (χ3v) is 5.12. The third kappa shape index (κ3) is 4.50. The molecule has 0 spiro atoms. The van der Waals surface area contributed by atoms with Crippen LogP contribution >= 0.6 is 0 Å². The van der Waals surface area contributed by atoms with Gasteiger partial charge in [0.2, 0.25) is 0 Å². The second kappa shape index (κ2) is 8.32. The molecule has 2 heterocycles. The minimum atomic E-state index is 0.0130. The van der Waals surface area contributed by atoms with Crippen LogP contribution in [0.4, 0.5) is 4.79 Å². The normalized spacial score (nSPS) is 24.1. The number of carbonyl (C=O) groups is 1. The van der Waals surface area contributed by atoms with E-state index in [0.29, 0.717) is 24.1 Å². The van der Waals surface area contributed by atoms with Gasteiger partial charge >= 0.3 is 6.03 Å². The molecule has 6 heteroatoms. The topological polar surface area (TPSA) is 68.6 Å². The monoisotopic (exact) mass is 342 g/mol. The number of nitrogens with one attached hydrogen (secondary N) is 1. The highest BCUT2D eigenvalue weighted by molar-refractivity contribution is 5.74. The molecule has 2 aliphatic rings. The molecular formula is C19H26N4O2. The van der Waals surface area contributed by atoms with Crippen LogP contribution in [0.2, 0.25) is 0 Å². The van der Waals surface area contributed by atoms with Crippen molar-refractivity contribution in [1.82, 2.24) is 15.1 Å². The number of nitriles is 1. The molecule has 1 N–H and O–H groups in total. The molecule has 0 radical (unpaired) electrons. The van der Waals surface area contributed by atoms with Crippen LogP contribution in [-0.2, 0) is 11.2 Å². The van der Waals surface area contributed by atoms with E-state index in [2.05, 4.69) is 23.2 Å². The molecular weight excluding hydrogens is 316 g/mol. The van der Waals surface area contributed by atoms with Crippen LogP contribution in [0.1, 0.15) is 18.1 Å². The number of carbonyl (C=O) groups excluding carboxylic acids is 1. The van der Waals surface area contributed by atoms with E-state index in [1.54, 1.807) is 6.07 Å². The summed E-state index contributed by atoms with van der Waals surface area (Å²) in [4.78, 5) is 16.8. The van der Waals surface area contributed by atoms with Gasteiger partial charge < -0.3 is 15.0 Å². The number of nitrogens with zero attached hydrogens (tertiary/aromatic N) is 3.